The zero-order chi connectivity index (χ0) is 102. The van der Waals surface area contributed by atoms with Crippen LogP contribution in [0.25, 0.3) is 62.0 Å². The second kappa shape index (κ2) is 48.2. The summed E-state index contributed by atoms with van der Waals surface area (Å²) in [4.78, 5) is 72.0. The highest BCUT2D eigenvalue weighted by Crippen LogP contribution is 2.57. The molecule has 2 aliphatic heterocycles. The van der Waals surface area contributed by atoms with Gasteiger partial charge in [0.05, 0.1) is 45.1 Å². The molecule has 13 heterocycles. The van der Waals surface area contributed by atoms with Gasteiger partial charge in [-0.1, -0.05) is 168 Å². The topological polar surface area (TPSA) is 445 Å². The first-order chi connectivity index (χ1) is 70.9. The lowest BCUT2D eigenvalue weighted by molar-refractivity contribution is -0.134. The highest BCUT2D eigenvalue weighted by atomic mass is 79.9. The van der Waals surface area contributed by atoms with Gasteiger partial charge in [0.25, 0.3) is 0 Å². The van der Waals surface area contributed by atoms with Crippen LogP contribution in [0.15, 0.2) is 162 Å². The van der Waals surface area contributed by atoms with E-state index in [2.05, 4.69) is 211 Å². The van der Waals surface area contributed by atoms with E-state index in [9.17, 15) is 28.8 Å². The average Bonchev–Trinajstić information content (AvgIpc) is 1.60. The largest absolute Gasteiger partial charge is 0.486 e. The molecule has 4 aromatic carbocycles. The molecule has 760 valence electrons. The van der Waals surface area contributed by atoms with E-state index in [1.54, 1.807) is 42.2 Å². The summed E-state index contributed by atoms with van der Waals surface area (Å²) in [5.41, 5.74) is 16.8. The zero-order valence-electron chi connectivity index (χ0n) is 76.8. The van der Waals surface area contributed by atoms with Gasteiger partial charge >= 0.3 is 35.8 Å². The summed E-state index contributed by atoms with van der Waals surface area (Å²) in [6.45, 7) is 1.93. The minimum atomic E-state index is -0.918. The van der Waals surface area contributed by atoms with Crippen molar-refractivity contribution >= 4 is 259 Å². The minimum Gasteiger partial charge on any atom is -0.486 e. The van der Waals surface area contributed by atoms with Gasteiger partial charge in [-0.05, 0) is 309 Å². The fourth-order valence-electron chi connectivity index (χ4n) is 17.7. The standard InChI is InChI=1S/C18H16BrN3O2S2.C17H14BrN3O2S2.C16H12BrN3O4S2.C15H14BrN3O4S.C15H16BrN3O2S2.C14H14BrN3O2S2/c19-17-20-21-18(25-10-14(23)24)22(17)16-13-9-5-4-8-12(13)15(26-16)11-6-2-1-3-7-11;18-16-19-20-17(24-9-13(22)23)21(16)15-12-8-4-7-11(12)14(25-15)10-5-2-1-3-6-10;17-15-18-19-16(25-8-10(21)22)20(15)14-12-11(23-6-7-24-12)13(26-14)9-4-2-1-3-5-9;16-14-17-18-15(24-7-11(20)21)19(14)10-4-3-9(8-1-2-8)12-13(10)23-6-5-22-12;16-14-17-18-15(22-7-11(20)21)19(14)13-10-4-2-1-3-9(10)12(23-13)8-5-6-8;15-13-16-17-14(21-6-10(19)20)18(13)12-9-3-1-2-8(9)11(22-12)7-4-5-7/h1-3,6-7H,4-5,8-10H2,(H,23,24);1-3,5-6H,4,7-9H2,(H,22,23);1-5H,6-8H2,(H,21,22);3-4,8H,1-2,5-7H2,(H,20,21);8H,1-7H2,(H,20,21);7H,1-6H2,(H,19,20). The molecule has 7 aliphatic carbocycles. The maximum absolute atomic E-state index is 11.0. The number of thioether (sulfide) groups is 6. The quantitative estimate of drug-likeness (QED) is 0.0228. The summed E-state index contributed by atoms with van der Waals surface area (Å²) in [5.74, 6) is -0.719. The van der Waals surface area contributed by atoms with Crippen LogP contribution >= 0.6 is 223 Å². The second-order valence-corrected chi connectivity index (χ2v) is 49.1. The number of fused-ring (bicyclic) bond motifs is 6. The monoisotopic (exact) mass is 2560 g/mol. The molecule has 0 radical (unpaired) electrons. The number of carbonyl (C=O) groups is 6. The molecule has 34 nitrogen and oxygen atoms in total. The van der Waals surface area contributed by atoms with Gasteiger partial charge in [-0.15, -0.1) is 118 Å². The molecule has 51 heteroatoms. The van der Waals surface area contributed by atoms with E-state index in [0.717, 1.165) is 117 Å². The number of carboxylic acids is 6. The SMILES string of the molecule is O=C(O)CSc1nnc(Br)n1-c1ccc(C2CC2)c2c1OCCO2.O=C(O)CSc1nnc(Br)n1-c1sc(-c2ccccc2)c2c1CCC2.O=C(O)CSc1nnc(Br)n1-c1sc(-c2ccccc2)c2c1CCCC2.O=C(O)CSc1nnc(Br)n1-c1sc(-c2ccccc2)c2c1OCCO2.O=C(O)CSc1nnc(Br)n1-c1sc(C2CC2)c2c1CCC2.O=C(O)CSc1nnc(Br)n1-c1sc(C2CC2)c2c1CCCC2. The van der Waals surface area contributed by atoms with Crippen LogP contribution in [-0.2, 0) is 80.1 Å². The number of benzene rings is 4. The van der Waals surface area contributed by atoms with Gasteiger partial charge in [0.15, 0.2) is 58.9 Å². The number of carboxylic acid groups (broad SMARTS) is 6. The fourth-order valence-corrected chi connectivity index (χ4v) is 32.9. The predicted molar refractivity (Wildman–Crippen MR) is 585 cm³/mol. The summed E-state index contributed by atoms with van der Waals surface area (Å²) < 4.78 is 38.4. The van der Waals surface area contributed by atoms with Crippen molar-refractivity contribution in [2.45, 2.75) is 177 Å². The predicted octanol–water partition coefficient (Wildman–Crippen LogP) is 23.5. The van der Waals surface area contributed by atoms with Crippen molar-refractivity contribution in [3.63, 3.8) is 0 Å². The second-order valence-electron chi connectivity index (χ2n) is 34.1. The first-order valence-electron chi connectivity index (χ1n) is 46.2. The lowest BCUT2D eigenvalue weighted by Gasteiger charge is -2.24. The molecular formula is C95H86Br6N18O16S11. The molecule has 0 amide bonds. The third kappa shape index (κ3) is 24.2. The van der Waals surface area contributed by atoms with Crippen LogP contribution in [0.1, 0.15) is 155 Å². The normalized spacial score (nSPS) is 14.9. The van der Waals surface area contributed by atoms with Crippen molar-refractivity contribution in [2.24, 2.45) is 0 Å². The average molecular weight is 2570 g/mol. The van der Waals surface area contributed by atoms with E-state index in [1.807, 2.05) is 89.5 Å². The Labute approximate surface area is 930 Å². The number of hydrogen-bond donors (Lipinski definition) is 6. The number of nitrogens with zero attached hydrogens (tertiary/aromatic N) is 18. The number of rotatable bonds is 30. The molecule has 0 spiro atoms. The van der Waals surface area contributed by atoms with Crippen molar-refractivity contribution < 1.29 is 78.4 Å². The van der Waals surface area contributed by atoms with E-state index in [1.165, 1.54) is 222 Å². The Kier molecular flexibility index (Phi) is 34.9. The van der Waals surface area contributed by atoms with Crippen molar-refractivity contribution in [3.05, 3.63) is 191 Å². The molecular weight excluding hydrogens is 2480 g/mol. The first kappa shape index (κ1) is 106. The number of halogens is 6. The molecule has 146 heavy (non-hydrogen) atoms. The van der Waals surface area contributed by atoms with Gasteiger partial charge in [0.2, 0.25) is 28.4 Å². The highest BCUT2D eigenvalue weighted by Gasteiger charge is 2.40. The van der Waals surface area contributed by atoms with Crippen LogP contribution in [0.3, 0.4) is 0 Å². The zero-order valence-corrected chi connectivity index (χ0v) is 95.3. The third-order valence-electron chi connectivity index (χ3n) is 24.2. The summed E-state index contributed by atoms with van der Waals surface area (Å²) in [6.07, 6.45) is 23.5. The summed E-state index contributed by atoms with van der Waals surface area (Å²) in [5, 5.41) is 112. The van der Waals surface area contributed by atoms with Crippen LogP contribution in [-0.4, -0.2) is 216 Å². The van der Waals surface area contributed by atoms with E-state index in [-0.39, 0.29) is 34.5 Å². The molecule has 24 rings (SSSR count). The summed E-state index contributed by atoms with van der Waals surface area (Å²) in [7, 11) is 0. The number of ether oxygens (including phenoxy) is 4. The lowest BCUT2D eigenvalue weighted by Crippen LogP contribution is -2.18. The van der Waals surface area contributed by atoms with Crippen LogP contribution in [0.5, 0.6) is 23.0 Å². The summed E-state index contributed by atoms with van der Waals surface area (Å²) in [6, 6.07) is 34.8. The molecule has 6 N–H and O–H groups in total. The van der Waals surface area contributed by atoms with E-state index in [0.29, 0.717) is 109 Å². The Hall–Kier alpha value is -8.78. The van der Waals surface area contributed by atoms with Crippen molar-refractivity contribution in [3.8, 4) is 85.0 Å². The van der Waals surface area contributed by atoms with Gasteiger partial charge < -0.3 is 49.6 Å². The molecule has 0 unspecified atom stereocenters. The number of thiophene rings is 5. The van der Waals surface area contributed by atoms with Gasteiger partial charge in [0, 0.05) is 25.1 Å². The van der Waals surface area contributed by atoms with Crippen LogP contribution < -0.4 is 18.9 Å². The minimum absolute atomic E-state index is 0.00577. The molecule has 15 aromatic rings. The van der Waals surface area contributed by atoms with Gasteiger partial charge in [0.1, 0.15) is 46.4 Å². The Balaban J connectivity index is 0.000000111. The molecule has 3 fully saturated rings. The lowest BCUT2D eigenvalue weighted by atomic mass is 9.91. The van der Waals surface area contributed by atoms with Crippen LogP contribution in [0.2, 0.25) is 0 Å². The van der Waals surface area contributed by atoms with E-state index in [4.69, 9.17) is 49.6 Å². The Bertz CT molecular complexity index is 7220. The first-order valence-corrected chi connectivity index (χ1v) is 61.0. The molecule has 0 saturated heterocycles. The Morgan fingerprint density at radius 3 is 0.904 bits per heavy atom. The maximum atomic E-state index is 11.0. The fraction of sp³-hybridized carbons (Fsp3) is 0.347. The summed E-state index contributed by atoms with van der Waals surface area (Å²) >= 11 is 36.4. The van der Waals surface area contributed by atoms with Crippen molar-refractivity contribution in [1.29, 1.82) is 0 Å². The van der Waals surface area contributed by atoms with Crippen LogP contribution in [0.4, 0.5) is 0 Å². The molecule has 0 bridgehead atoms. The number of aromatic nitrogens is 18. The molecule has 11 aromatic heterocycles. The van der Waals surface area contributed by atoms with Gasteiger partial charge in [-0.25, -0.2) is 0 Å². The van der Waals surface area contributed by atoms with Gasteiger partial charge in [-0.3, -0.25) is 56.2 Å². The van der Waals surface area contributed by atoms with E-state index < -0.39 is 35.8 Å². The van der Waals surface area contributed by atoms with Crippen molar-refractivity contribution in [2.75, 3.05) is 60.9 Å². The number of hydrogen-bond acceptors (Lipinski definition) is 33. The van der Waals surface area contributed by atoms with Crippen molar-refractivity contribution in [1.82, 2.24) is 88.6 Å². The van der Waals surface area contributed by atoms with Crippen LogP contribution in [0, 0.1) is 0 Å². The third-order valence-corrected chi connectivity index (χ3v) is 39.4. The van der Waals surface area contributed by atoms with E-state index >= 15 is 0 Å². The highest BCUT2D eigenvalue weighted by molar-refractivity contribution is 9.11. The molecule has 9 aliphatic rings. The maximum Gasteiger partial charge on any atom is 0.313 e. The molecule has 3 saturated carbocycles. The van der Waals surface area contributed by atoms with Gasteiger partial charge in [-0.2, -0.15) is 0 Å². The Morgan fingerprint density at radius 2 is 0.548 bits per heavy atom. The molecule has 0 atom stereocenters. The number of aliphatic carboxylic acids is 6. The smallest absolute Gasteiger partial charge is 0.313 e. The Morgan fingerprint density at radius 1 is 0.281 bits per heavy atom.